The largest absolute Gasteiger partial charge is 0.389 e. The quantitative estimate of drug-likeness (QED) is 0.783. The SMILES string of the molecule is CCN(CC(=O)N(C)C1=CCCC1)CC(C)(C)O. The minimum absolute atomic E-state index is 0.106. The minimum Gasteiger partial charge on any atom is -0.389 e. The normalized spacial score (nSPS) is 16.0. The van der Waals surface area contributed by atoms with Crippen molar-refractivity contribution in [1.29, 1.82) is 0 Å². The molecule has 0 saturated heterocycles. The lowest BCUT2D eigenvalue weighted by Gasteiger charge is -2.29. The van der Waals surface area contributed by atoms with Gasteiger partial charge in [0.05, 0.1) is 12.1 Å². The Labute approximate surface area is 110 Å². The first kappa shape index (κ1) is 15.2. The van der Waals surface area contributed by atoms with E-state index in [1.54, 1.807) is 18.7 Å². The van der Waals surface area contributed by atoms with E-state index >= 15 is 0 Å². The fourth-order valence-corrected chi connectivity index (χ4v) is 2.24. The first-order valence-electron chi connectivity index (χ1n) is 6.74. The molecule has 0 aromatic heterocycles. The first-order valence-corrected chi connectivity index (χ1v) is 6.74. The highest BCUT2D eigenvalue weighted by Crippen LogP contribution is 2.20. The van der Waals surface area contributed by atoms with Gasteiger partial charge in [-0.05, 0) is 39.7 Å². The standard InChI is InChI=1S/C14H26N2O2/c1-5-16(11-14(2,3)18)10-13(17)15(4)12-8-6-7-9-12/h8,18H,5-7,9-11H2,1-4H3. The van der Waals surface area contributed by atoms with Crippen LogP contribution in [0.15, 0.2) is 11.8 Å². The number of hydrogen-bond acceptors (Lipinski definition) is 3. The molecule has 0 aliphatic heterocycles. The van der Waals surface area contributed by atoms with Gasteiger partial charge in [-0.1, -0.05) is 13.0 Å². The zero-order valence-electron chi connectivity index (χ0n) is 12.1. The molecule has 0 bridgehead atoms. The van der Waals surface area contributed by atoms with E-state index in [1.807, 2.05) is 18.9 Å². The van der Waals surface area contributed by atoms with E-state index in [0.29, 0.717) is 13.1 Å². The summed E-state index contributed by atoms with van der Waals surface area (Å²) in [6.07, 6.45) is 5.37. The van der Waals surface area contributed by atoms with Gasteiger partial charge < -0.3 is 10.0 Å². The molecule has 0 fully saturated rings. The fraction of sp³-hybridized carbons (Fsp3) is 0.786. The number of likely N-dealkylation sites (N-methyl/N-ethyl adjacent to an activating group) is 2. The van der Waals surface area contributed by atoms with Crippen LogP contribution in [0.4, 0.5) is 0 Å². The molecule has 18 heavy (non-hydrogen) atoms. The fourth-order valence-electron chi connectivity index (χ4n) is 2.24. The Morgan fingerprint density at radius 3 is 2.61 bits per heavy atom. The van der Waals surface area contributed by atoms with Crippen LogP contribution in [-0.4, -0.2) is 53.1 Å². The molecule has 1 aliphatic rings. The molecule has 1 rings (SSSR count). The number of hydrogen-bond donors (Lipinski definition) is 1. The molecule has 0 spiro atoms. The molecule has 4 nitrogen and oxygen atoms in total. The van der Waals surface area contributed by atoms with Gasteiger partial charge in [-0.2, -0.15) is 0 Å². The average molecular weight is 254 g/mol. The number of rotatable bonds is 6. The maximum absolute atomic E-state index is 12.1. The lowest BCUT2D eigenvalue weighted by atomic mass is 10.1. The zero-order valence-corrected chi connectivity index (χ0v) is 12.1. The third-order valence-electron chi connectivity index (χ3n) is 3.24. The molecule has 0 saturated carbocycles. The molecule has 0 heterocycles. The van der Waals surface area contributed by atoms with E-state index in [2.05, 4.69) is 6.08 Å². The molecule has 0 unspecified atom stereocenters. The van der Waals surface area contributed by atoms with Gasteiger partial charge in [-0.3, -0.25) is 9.69 Å². The molecule has 0 aromatic carbocycles. The van der Waals surface area contributed by atoms with Crippen LogP contribution >= 0.6 is 0 Å². The number of nitrogens with zero attached hydrogens (tertiary/aromatic N) is 2. The smallest absolute Gasteiger partial charge is 0.240 e. The summed E-state index contributed by atoms with van der Waals surface area (Å²) in [4.78, 5) is 15.9. The average Bonchev–Trinajstić information content (AvgIpc) is 2.78. The van der Waals surface area contributed by atoms with E-state index in [1.165, 1.54) is 0 Å². The third-order valence-corrected chi connectivity index (χ3v) is 3.24. The topological polar surface area (TPSA) is 43.8 Å². The molecule has 1 N–H and O–H groups in total. The van der Waals surface area contributed by atoms with Crippen molar-refractivity contribution in [3.05, 3.63) is 11.8 Å². The monoisotopic (exact) mass is 254 g/mol. The molecule has 0 aromatic rings. The van der Waals surface area contributed by atoms with Crippen LogP contribution in [0.2, 0.25) is 0 Å². The van der Waals surface area contributed by atoms with E-state index < -0.39 is 5.60 Å². The van der Waals surface area contributed by atoms with Crippen LogP contribution in [0.3, 0.4) is 0 Å². The summed E-state index contributed by atoms with van der Waals surface area (Å²) in [6.45, 7) is 7.19. The Balaban J connectivity index is 2.51. The predicted octanol–water partition coefficient (Wildman–Crippen LogP) is 1.61. The van der Waals surface area contributed by atoms with Crippen LogP contribution in [0.1, 0.15) is 40.0 Å². The third kappa shape index (κ3) is 4.78. The lowest BCUT2D eigenvalue weighted by molar-refractivity contribution is -0.130. The van der Waals surface area contributed by atoms with Gasteiger partial charge in [0.1, 0.15) is 0 Å². The van der Waals surface area contributed by atoms with Gasteiger partial charge in [0.25, 0.3) is 0 Å². The summed E-state index contributed by atoms with van der Waals surface area (Å²) in [5, 5.41) is 9.80. The van der Waals surface area contributed by atoms with Crippen LogP contribution < -0.4 is 0 Å². The Kier molecular flexibility index (Phi) is 5.35. The van der Waals surface area contributed by atoms with Crippen molar-refractivity contribution in [1.82, 2.24) is 9.80 Å². The van der Waals surface area contributed by atoms with Crippen molar-refractivity contribution in [2.75, 3.05) is 26.7 Å². The second-order valence-corrected chi connectivity index (χ2v) is 5.66. The van der Waals surface area contributed by atoms with Crippen molar-refractivity contribution in [2.24, 2.45) is 0 Å². The van der Waals surface area contributed by atoms with Gasteiger partial charge in [0, 0.05) is 19.3 Å². The number of amides is 1. The first-order chi connectivity index (χ1) is 8.33. The van der Waals surface area contributed by atoms with Crippen molar-refractivity contribution >= 4 is 5.91 Å². The molecular formula is C14H26N2O2. The van der Waals surface area contributed by atoms with Gasteiger partial charge >= 0.3 is 0 Å². The number of aliphatic hydroxyl groups is 1. The second-order valence-electron chi connectivity index (χ2n) is 5.66. The highest BCUT2D eigenvalue weighted by Gasteiger charge is 2.22. The Morgan fingerprint density at radius 1 is 1.50 bits per heavy atom. The molecule has 0 radical (unpaired) electrons. The van der Waals surface area contributed by atoms with Gasteiger partial charge in [-0.15, -0.1) is 0 Å². The Bertz CT molecular complexity index is 318. The van der Waals surface area contributed by atoms with Crippen molar-refractivity contribution in [3.63, 3.8) is 0 Å². The Morgan fingerprint density at radius 2 is 2.17 bits per heavy atom. The van der Waals surface area contributed by atoms with Gasteiger partial charge in [0.15, 0.2) is 0 Å². The summed E-state index contributed by atoms with van der Waals surface area (Å²) in [5.74, 6) is 0.106. The van der Waals surface area contributed by atoms with E-state index in [9.17, 15) is 9.90 Å². The lowest BCUT2D eigenvalue weighted by Crippen LogP contribution is -2.44. The van der Waals surface area contributed by atoms with Crippen molar-refractivity contribution < 1.29 is 9.90 Å². The maximum atomic E-state index is 12.1. The molecule has 4 heteroatoms. The molecule has 1 amide bonds. The van der Waals surface area contributed by atoms with Crippen molar-refractivity contribution in [2.45, 2.75) is 45.6 Å². The minimum atomic E-state index is -0.762. The Hall–Kier alpha value is -0.870. The molecule has 0 atom stereocenters. The van der Waals surface area contributed by atoms with Crippen LogP contribution in [0.5, 0.6) is 0 Å². The van der Waals surface area contributed by atoms with Crippen LogP contribution in [0, 0.1) is 0 Å². The van der Waals surface area contributed by atoms with Crippen LogP contribution in [0.25, 0.3) is 0 Å². The summed E-state index contributed by atoms with van der Waals surface area (Å²) in [6, 6.07) is 0. The highest BCUT2D eigenvalue weighted by molar-refractivity contribution is 5.79. The number of allylic oxidation sites excluding steroid dienone is 2. The van der Waals surface area contributed by atoms with E-state index in [0.717, 1.165) is 31.5 Å². The second kappa shape index (κ2) is 6.34. The summed E-state index contributed by atoms with van der Waals surface area (Å²) >= 11 is 0. The summed E-state index contributed by atoms with van der Waals surface area (Å²) < 4.78 is 0. The van der Waals surface area contributed by atoms with Gasteiger partial charge in [0.2, 0.25) is 5.91 Å². The highest BCUT2D eigenvalue weighted by atomic mass is 16.3. The van der Waals surface area contributed by atoms with Gasteiger partial charge in [-0.25, -0.2) is 0 Å². The number of carbonyl (C=O) groups is 1. The van der Waals surface area contributed by atoms with E-state index in [-0.39, 0.29) is 5.91 Å². The predicted molar refractivity (Wildman–Crippen MR) is 73.1 cm³/mol. The maximum Gasteiger partial charge on any atom is 0.240 e. The zero-order chi connectivity index (χ0) is 13.8. The summed E-state index contributed by atoms with van der Waals surface area (Å²) in [7, 11) is 1.84. The molecule has 104 valence electrons. The van der Waals surface area contributed by atoms with Crippen molar-refractivity contribution in [3.8, 4) is 0 Å². The molecular weight excluding hydrogens is 228 g/mol. The molecule has 1 aliphatic carbocycles. The van der Waals surface area contributed by atoms with Crippen LogP contribution in [-0.2, 0) is 4.79 Å². The van der Waals surface area contributed by atoms with E-state index in [4.69, 9.17) is 0 Å². The number of carbonyl (C=O) groups excluding carboxylic acids is 1. The summed E-state index contributed by atoms with van der Waals surface area (Å²) in [5.41, 5.74) is 0.376.